The minimum Gasteiger partial charge on any atom is -0.449 e. The number of allylic oxidation sites excluding steroid dienone is 2. The minimum absolute atomic E-state index is 1.26. The summed E-state index contributed by atoms with van der Waals surface area (Å²) in [5.41, 5.74) is 5.07. The summed E-state index contributed by atoms with van der Waals surface area (Å²) < 4.78 is 12.8. The van der Waals surface area contributed by atoms with Gasteiger partial charge < -0.3 is 8.23 Å². The third-order valence-corrected chi connectivity index (χ3v) is 19.6. The molecule has 2 heterocycles. The van der Waals surface area contributed by atoms with Gasteiger partial charge in [-0.15, -0.1) is 0 Å². The van der Waals surface area contributed by atoms with Crippen molar-refractivity contribution in [2.24, 2.45) is 0 Å². The maximum Gasteiger partial charge on any atom is 0.201 e. The summed E-state index contributed by atoms with van der Waals surface area (Å²) in [5, 5.41) is 3.35. The second-order valence-electron chi connectivity index (χ2n) is 8.98. The van der Waals surface area contributed by atoms with E-state index < -0.39 is 33.3 Å². The molecule has 22 heavy (non-hydrogen) atoms. The molecule has 0 saturated heterocycles. The lowest BCUT2D eigenvalue weighted by Gasteiger charge is -2.25. The van der Waals surface area contributed by atoms with Gasteiger partial charge in [0.15, 0.2) is 16.6 Å². The van der Waals surface area contributed by atoms with Crippen molar-refractivity contribution < 1.29 is 8.23 Å². The van der Waals surface area contributed by atoms with Crippen molar-refractivity contribution in [2.75, 3.05) is 0 Å². The van der Waals surface area contributed by atoms with Crippen LogP contribution in [0.2, 0.25) is 52.4 Å². The van der Waals surface area contributed by atoms with Crippen LogP contribution in [0.3, 0.4) is 0 Å². The second-order valence-corrected chi connectivity index (χ2v) is 24.9. The molecule has 2 nitrogen and oxygen atoms in total. The van der Waals surface area contributed by atoms with Gasteiger partial charge >= 0.3 is 0 Å². The minimum atomic E-state index is -1.54. The highest BCUT2D eigenvalue weighted by Gasteiger charge is 2.42. The fourth-order valence-electron chi connectivity index (χ4n) is 4.07. The maximum atomic E-state index is 6.41. The van der Waals surface area contributed by atoms with E-state index in [1.54, 1.807) is 10.4 Å². The molecule has 126 valence electrons. The number of hydrogen-bond donors (Lipinski definition) is 0. The lowest BCUT2D eigenvalue weighted by Crippen LogP contribution is -2.37. The molecule has 0 radical (unpaired) electrons. The van der Waals surface area contributed by atoms with Gasteiger partial charge in [-0.05, 0) is 78.1 Å². The van der Waals surface area contributed by atoms with Crippen LogP contribution in [0.15, 0.2) is 21.8 Å². The predicted octanol–water partition coefficient (Wildman–Crippen LogP) is 5.44. The molecule has 0 aromatic heterocycles. The van der Waals surface area contributed by atoms with E-state index in [0.29, 0.717) is 0 Å². The molecule has 0 N–H and O–H groups in total. The molecule has 0 atom stereocenters. The molecule has 0 unspecified atom stereocenters. The molecule has 2 aliphatic rings. The van der Waals surface area contributed by atoms with E-state index in [9.17, 15) is 0 Å². The highest BCUT2D eigenvalue weighted by atomic mass is 28.4. The molecule has 0 fully saturated rings. The Labute approximate surface area is 141 Å². The van der Waals surface area contributed by atoms with Gasteiger partial charge in [0.05, 0.1) is 0 Å². The fraction of sp³-hybridized carbons (Fsp3) is 0.750. The van der Waals surface area contributed by atoms with Crippen molar-refractivity contribution in [1.29, 1.82) is 0 Å². The van der Waals surface area contributed by atoms with Crippen molar-refractivity contribution in [3.63, 3.8) is 0 Å². The normalized spacial score (nSPS) is 27.6. The SMILES string of the molecule is C[Si]1(C)C=C(CCCCC2=C[Si](C)(C)O[Si]2(C)C)[Si](C)(C)O1. The van der Waals surface area contributed by atoms with E-state index in [4.69, 9.17) is 8.23 Å². The molecular formula is C16H34O2Si4. The zero-order chi connectivity index (χ0) is 16.8. The van der Waals surface area contributed by atoms with Gasteiger partial charge in [0, 0.05) is 0 Å². The highest BCUT2D eigenvalue weighted by molar-refractivity contribution is 6.96. The average molecular weight is 371 g/mol. The summed E-state index contributed by atoms with van der Waals surface area (Å²) >= 11 is 0. The van der Waals surface area contributed by atoms with Crippen molar-refractivity contribution >= 4 is 33.3 Å². The van der Waals surface area contributed by atoms with Crippen LogP contribution in [0.4, 0.5) is 0 Å². The lowest BCUT2D eigenvalue weighted by atomic mass is 10.2. The van der Waals surface area contributed by atoms with E-state index in [1.807, 2.05) is 0 Å². The largest absolute Gasteiger partial charge is 0.449 e. The number of rotatable bonds is 5. The molecule has 0 amide bonds. The molecule has 0 aromatic rings. The third-order valence-electron chi connectivity index (χ3n) is 4.77. The van der Waals surface area contributed by atoms with E-state index in [1.165, 1.54) is 25.7 Å². The maximum absolute atomic E-state index is 6.41. The monoisotopic (exact) mass is 370 g/mol. The van der Waals surface area contributed by atoms with E-state index >= 15 is 0 Å². The Morgan fingerprint density at radius 1 is 0.636 bits per heavy atom. The second kappa shape index (κ2) is 5.97. The van der Waals surface area contributed by atoms with Gasteiger partial charge in [-0.3, -0.25) is 0 Å². The summed E-state index contributed by atoms with van der Waals surface area (Å²) in [6.07, 6.45) is 5.12. The van der Waals surface area contributed by atoms with Crippen molar-refractivity contribution in [3.05, 3.63) is 21.8 Å². The van der Waals surface area contributed by atoms with Crippen LogP contribution in [-0.4, -0.2) is 33.3 Å². The fourth-order valence-corrected chi connectivity index (χ4v) is 24.5. The molecule has 0 saturated carbocycles. The van der Waals surface area contributed by atoms with Crippen LogP contribution in [-0.2, 0) is 8.23 Å². The topological polar surface area (TPSA) is 18.5 Å². The van der Waals surface area contributed by atoms with E-state index in [2.05, 4.69) is 63.8 Å². The molecule has 2 rings (SSSR count). The van der Waals surface area contributed by atoms with Gasteiger partial charge in [0.1, 0.15) is 0 Å². The zero-order valence-electron chi connectivity index (χ0n) is 15.8. The van der Waals surface area contributed by atoms with E-state index in [0.717, 1.165) is 0 Å². The van der Waals surface area contributed by atoms with Crippen LogP contribution in [0.25, 0.3) is 0 Å². The standard InChI is InChI=1S/C16H34O2Si4/c1-19(2)13-15(21(5,6)17-19)11-9-10-12-16-14-20(3,4)18-22(16,7)8/h13-14H,9-12H2,1-8H3. The Kier molecular flexibility index (Phi) is 5.04. The lowest BCUT2D eigenvalue weighted by molar-refractivity contribution is 0.571. The summed E-state index contributed by atoms with van der Waals surface area (Å²) in [6.45, 7) is 18.8. The van der Waals surface area contributed by atoms with Crippen molar-refractivity contribution in [3.8, 4) is 0 Å². The Balaban J connectivity index is 1.86. The highest BCUT2D eigenvalue weighted by Crippen LogP contribution is 2.36. The predicted molar refractivity (Wildman–Crippen MR) is 107 cm³/mol. The molecule has 0 bridgehead atoms. The number of unbranched alkanes of at least 4 members (excludes halogenated alkanes) is 1. The van der Waals surface area contributed by atoms with E-state index in [-0.39, 0.29) is 0 Å². The van der Waals surface area contributed by atoms with Crippen molar-refractivity contribution in [1.82, 2.24) is 0 Å². The van der Waals surface area contributed by atoms with Crippen LogP contribution in [0, 0.1) is 0 Å². The smallest absolute Gasteiger partial charge is 0.201 e. The van der Waals surface area contributed by atoms with Crippen LogP contribution < -0.4 is 0 Å². The molecule has 0 aromatic carbocycles. The first-order valence-corrected chi connectivity index (χ1v) is 20.5. The Hall–Kier alpha value is 0.268. The van der Waals surface area contributed by atoms with Gasteiger partial charge in [0.25, 0.3) is 0 Å². The Bertz CT molecular complexity index is 458. The number of hydrogen-bond acceptors (Lipinski definition) is 2. The van der Waals surface area contributed by atoms with Gasteiger partial charge in [-0.2, -0.15) is 0 Å². The molecule has 0 spiro atoms. The zero-order valence-corrected chi connectivity index (χ0v) is 19.8. The first-order chi connectivity index (χ1) is 9.83. The average Bonchev–Trinajstić information content (AvgIpc) is 2.61. The van der Waals surface area contributed by atoms with Crippen LogP contribution >= 0.6 is 0 Å². The summed E-state index contributed by atoms with van der Waals surface area (Å²) in [6, 6.07) is 0. The molecule has 6 heteroatoms. The van der Waals surface area contributed by atoms with Gasteiger partial charge in [-0.1, -0.05) is 21.8 Å². The Morgan fingerprint density at radius 3 is 1.18 bits per heavy atom. The summed E-state index contributed by atoms with van der Waals surface area (Å²) in [5.74, 6) is 0. The summed E-state index contributed by atoms with van der Waals surface area (Å²) in [4.78, 5) is 0. The quantitative estimate of drug-likeness (QED) is 0.474. The first-order valence-electron chi connectivity index (χ1n) is 8.68. The molecule has 0 aliphatic carbocycles. The van der Waals surface area contributed by atoms with Crippen LogP contribution in [0.1, 0.15) is 25.7 Å². The molecular weight excluding hydrogens is 337 g/mol. The third kappa shape index (κ3) is 4.42. The Morgan fingerprint density at radius 2 is 0.955 bits per heavy atom. The van der Waals surface area contributed by atoms with Gasteiger partial charge in [0.2, 0.25) is 16.6 Å². The van der Waals surface area contributed by atoms with Crippen LogP contribution in [0.5, 0.6) is 0 Å². The van der Waals surface area contributed by atoms with Gasteiger partial charge in [-0.25, -0.2) is 0 Å². The molecule has 2 aliphatic heterocycles. The first kappa shape index (κ1) is 18.6. The summed E-state index contributed by atoms with van der Waals surface area (Å²) in [7, 11) is -6.05. The van der Waals surface area contributed by atoms with Crippen molar-refractivity contribution in [2.45, 2.75) is 78.1 Å².